The van der Waals surface area contributed by atoms with E-state index in [0.717, 1.165) is 16.1 Å². The molecule has 0 spiro atoms. The molecule has 0 unspecified atom stereocenters. The predicted octanol–water partition coefficient (Wildman–Crippen LogP) is 4.17. The topological polar surface area (TPSA) is 61.9 Å². The zero-order valence-electron chi connectivity index (χ0n) is 15.1. The van der Waals surface area contributed by atoms with Crippen LogP contribution in [0, 0.1) is 0 Å². The van der Waals surface area contributed by atoms with Gasteiger partial charge in [0.05, 0.1) is 18.6 Å². The number of rotatable bonds is 5. The first-order valence-corrected chi connectivity index (χ1v) is 9.46. The van der Waals surface area contributed by atoms with E-state index in [1.807, 2.05) is 55.6 Å². The molecule has 3 amide bonds. The fraction of sp³-hybridized carbons (Fsp3) is 0.368. The standard InChI is InChI=1S/C19H23N3O3S/c1-13(20-18(23)21(3)14(2)17-5-4-12-26-17)15-6-8-16(9-7-15)22-10-11-25-19(22)24/h4-9,12-14H,10-11H2,1-3H3,(H,20,23)/t13-,14+/m1/s1. The smallest absolute Gasteiger partial charge is 0.414 e. The Bertz CT molecular complexity index is 761. The van der Waals surface area contributed by atoms with Crippen molar-refractivity contribution in [2.24, 2.45) is 0 Å². The van der Waals surface area contributed by atoms with Crippen molar-refractivity contribution in [1.29, 1.82) is 0 Å². The summed E-state index contributed by atoms with van der Waals surface area (Å²) in [6.07, 6.45) is -0.316. The van der Waals surface area contributed by atoms with Gasteiger partial charge in [-0.25, -0.2) is 9.59 Å². The van der Waals surface area contributed by atoms with Gasteiger partial charge < -0.3 is 15.0 Å². The lowest BCUT2D eigenvalue weighted by atomic mass is 10.1. The van der Waals surface area contributed by atoms with Gasteiger partial charge in [0.1, 0.15) is 6.61 Å². The van der Waals surface area contributed by atoms with Gasteiger partial charge >= 0.3 is 12.1 Å². The first-order valence-electron chi connectivity index (χ1n) is 8.58. The second-order valence-corrected chi connectivity index (χ2v) is 7.31. The first-order chi connectivity index (χ1) is 12.5. The summed E-state index contributed by atoms with van der Waals surface area (Å²) in [4.78, 5) is 28.6. The average molecular weight is 373 g/mol. The molecule has 6 nitrogen and oxygen atoms in total. The summed E-state index contributed by atoms with van der Waals surface area (Å²) in [5, 5.41) is 5.03. The number of carbonyl (C=O) groups is 2. The summed E-state index contributed by atoms with van der Waals surface area (Å²) in [6, 6.07) is 11.4. The normalized spacial score (nSPS) is 16.1. The molecule has 1 aromatic carbocycles. The fourth-order valence-corrected chi connectivity index (χ4v) is 3.66. The van der Waals surface area contributed by atoms with Gasteiger partial charge in [-0.1, -0.05) is 18.2 Å². The van der Waals surface area contributed by atoms with Crippen molar-refractivity contribution >= 4 is 29.1 Å². The average Bonchev–Trinajstić information content (AvgIpc) is 3.32. The molecular formula is C19H23N3O3S. The molecule has 1 aliphatic rings. The van der Waals surface area contributed by atoms with Crippen LogP contribution < -0.4 is 10.2 Å². The summed E-state index contributed by atoms with van der Waals surface area (Å²) < 4.78 is 4.95. The van der Waals surface area contributed by atoms with Gasteiger partial charge in [-0.05, 0) is 43.0 Å². The summed E-state index contributed by atoms with van der Waals surface area (Å²) in [5.41, 5.74) is 1.78. The minimum absolute atomic E-state index is 0.0192. The van der Waals surface area contributed by atoms with Crippen LogP contribution >= 0.6 is 11.3 Å². The SMILES string of the molecule is C[C@@H](NC(=O)N(C)[C@@H](C)c1cccs1)c1ccc(N2CCOC2=O)cc1. The number of nitrogens with zero attached hydrogens (tertiary/aromatic N) is 2. The monoisotopic (exact) mass is 373 g/mol. The molecule has 1 N–H and O–H groups in total. The highest BCUT2D eigenvalue weighted by Gasteiger charge is 2.24. The molecule has 1 aromatic heterocycles. The van der Waals surface area contributed by atoms with Gasteiger partial charge in [-0.2, -0.15) is 0 Å². The van der Waals surface area contributed by atoms with Crippen LogP contribution in [0.25, 0.3) is 0 Å². The number of anilines is 1. The van der Waals surface area contributed by atoms with Gasteiger partial charge in [0.25, 0.3) is 0 Å². The van der Waals surface area contributed by atoms with E-state index in [4.69, 9.17) is 4.74 Å². The van der Waals surface area contributed by atoms with Gasteiger partial charge in [-0.3, -0.25) is 4.90 Å². The van der Waals surface area contributed by atoms with E-state index in [1.54, 1.807) is 28.2 Å². The molecule has 138 valence electrons. The number of urea groups is 1. The van der Waals surface area contributed by atoms with E-state index in [-0.39, 0.29) is 24.2 Å². The van der Waals surface area contributed by atoms with Crippen molar-refractivity contribution in [3.63, 3.8) is 0 Å². The quantitative estimate of drug-likeness (QED) is 0.856. The Kier molecular flexibility index (Phi) is 5.46. The third-order valence-corrected chi connectivity index (χ3v) is 5.70. The Labute approximate surface area is 157 Å². The molecular weight excluding hydrogens is 350 g/mol. The zero-order chi connectivity index (χ0) is 18.7. The molecule has 7 heteroatoms. The van der Waals surface area contributed by atoms with E-state index in [0.29, 0.717) is 13.2 Å². The van der Waals surface area contributed by atoms with Crippen molar-refractivity contribution < 1.29 is 14.3 Å². The number of ether oxygens (including phenoxy) is 1. The highest BCUT2D eigenvalue weighted by Crippen LogP contribution is 2.25. The summed E-state index contributed by atoms with van der Waals surface area (Å²) in [7, 11) is 1.80. The molecule has 1 saturated heterocycles. The number of thiophene rings is 1. The molecule has 2 atom stereocenters. The lowest BCUT2D eigenvalue weighted by Crippen LogP contribution is -2.39. The second kappa shape index (κ2) is 7.78. The van der Waals surface area contributed by atoms with Crippen molar-refractivity contribution in [2.75, 3.05) is 25.1 Å². The Morgan fingerprint density at radius 3 is 2.58 bits per heavy atom. The zero-order valence-corrected chi connectivity index (χ0v) is 16.0. The van der Waals surface area contributed by atoms with E-state index < -0.39 is 0 Å². The fourth-order valence-electron chi connectivity index (χ4n) is 2.84. The number of cyclic esters (lactones) is 1. The molecule has 1 fully saturated rings. The van der Waals surface area contributed by atoms with Crippen molar-refractivity contribution in [3.05, 3.63) is 52.2 Å². The minimum atomic E-state index is -0.316. The van der Waals surface area contributed by atoms with Crippen molar-refractivity contribution in [2.45, 2.75) is 25.9 Å². The Morgan fingerprint density at radius 1 is 1.27 bits per heavy atom. The van der Waals surface area contributed by atoms with Crippen LogP contribution in [0.2, 0.25) is 0 Å². The molecule has 3 rings (SSSR count). The predicted molar refractivity (Wildman–Crippen MR) is 103 cm³/mol. The van der Waals surface area contributed by atoms with E-state index >= 15 is 0 Å². The number of hydrogen-bond acceptors (Lipinski definition) is 4. The van der Waals surface area contributed by atoms with Crippen molar-refractivity contribution in [3.8, 4) is 0 Å². The van der Waals surface area contributed by atoms with E-state index in [1.165, 1.54) is 0 Å². The van der Waals surface area contributed by atoms with E-state index in [9.17, 15) is 9.59 Å². The number of nitrogens with one attached hydrogen (secondary N) is 1. The number of carbonyl (C=O) groups excluding carboxylic acids is 2. The van der Waals surface area contributed by atoms with Crippen LogP contribution in [0.3, 0.4) is 0 Å². The van der Waals surface area contributed by atoms with Gasteiger partial charge in [0, 0.05) is 17.6 Å². The lowest BCUT2D eigenvalue weighted by Gasteiger charge is -2.26. The van der Waals surface area contributed by atoms with E-state index in [2.05, 4.69) is 5.32 Å². The molecule has 0 bridgehead atoms. The number of amides is 3. The number of hydrogen-bond donors (Lipinski definition) is 1. The van der Waals surface area contributed by atoms with Gasteiger partial charge in [0.15, 0.2) is 0 Å². The molecule has 1 aliphatic heterocycles. The maximum atomic E-state index is 12.5. The molecule has 0 radical (unpaired) electrons. The first kappa shape index (κ1) is 18.3. The molecule has 0 saturated carbocycles. The van der Waals surface area contributed by atoms with Crippen molar-refractivity contribution in [1.82, 2.24) is 10.2 Å². The molecule has 26 heavy (non-hydrogen) atoms. The molecule has 0 aliphatic carbocycles. The molecule has 2 aromatic rings. The third-order valence-electron chi connectivity index (χ3n) is 4.66. The van der Waals surface area contributed by atoms with Crippen LogP contribution in [0.4, 0.5) is 15.3 Å². The van der Waals surface area contributed by atoms with Crippen LogP contribution in [-0.2, 0) is 4.74 Å². The maximum absolute atomic E-state index is 12.5. The highest BCUT2D eigenvalue weighted by molar-refractivity contribution is 7.10. The van der Waals surface area contributed by atoms with Gasteiger partial charge in [-0.15, -0.1) is 11.3 Å². The van der Waals surface area contributed by atoms with Gasteiger partial charge in [0.2, 0.25) is 0 Å². The van der Waals surface area contributed by atoms with Crippen LogP contribution in [-0.4, -0.2) is 37.2 Å². The Hall–Kier alpha value is -2.54. The maximum Gasteiger partial charge on any atom is 0.414 e. The summed E-state index contributed by atoms with van der Waals surface area (Å²) in [6.45, 7) is 4.94. The van der Waals surface area contributed by atoms with Crippen LogP contribution in [0.1, 0.15) is 36.4 Å². The lowest BCUT2D eigenvalue weighted by molar-refractivity contribution is 0.181. The highest BCUT2D eigenvalue weighted by atomic mass is 32.1. The van der Waals surface area contributed by atoms with Crippen LogP contribution in [0.15, 0.2) is 41.8 Å². The minimum Gasteiger partial charge on any atom is -0.447 e. The Morgan fingerprint density at radius 2 is 2.00 bits per heavy atom. The van der Waals surface area contributed by atoms with Crippen LogP contribution in [0.5, 0.6) is 0 Å². The summed E-state index contributed by atoms with van der Waals surface area (Å²) >= 11 is 1.64. The summed E-state index contributed by atoms with van der Waals surface area (Å²) in [5.74, 6) is 0. The second-order valence-electron chi connectivity index (χ2n) is 6.33. The largest absolute Gasteiger partial charge is 0.447 e. The Balaban J connectivity index is 1.61. The number of benzene rings is 1. The third kappa shape index (κ3) is 3.83. The molecule has 2 heterocycles.